The van der Waals surface area contributed by atoms with Crippen LogP contribution in [0.4, 0.5) is 13.2 Å². The van der Waals surface area contributed by atoms with E-state index >= 15 is 4.39 Å². The third kappa shape index (κ3) is 2.41. The summed E-state index contributed by atoms with van der Waals surface area (Å²) in [6, 6.07) is -0.538. The van der Waals surface area contributed by atoms with Crippen LogP contribution in [0.5, 0.6) is 0 Å². The van der Waals surface area contributed by atoms with Crippen molar-refractivity contribution < 1.29 is 17.7 Å². The molecule has 0 saturated carbocycles. The number of fused-ring (bicyclic) bond motifs is 3. The van der Waals surface area contributed by atoms with Gasteiger partial charge in [0, 0.05) is 12.5 Å². The monoisotopic (exact) mass is 335 g/mol. The highest BCUT2D eigenvalue weighted by atomic mass is 19.1. The van der Waals surface area contributed by atoms with Crippen LogP contribution in [-0.2, 0) is 0 Å². The minimum absolute atomic E-state index is 0.183. The van der Waals surface area contributed by atoms with Gasteiger partial charge in [0.25, 0.3) is 0 Å². The smallest absolute Gasteiger partial charge is 0.216 e. The first-order valence-electron chi connectivity index (χ1n) is 8.36. The van der Waals surface area contributed by atoms with Crippen LogP contribution in [0.1, 0.15) is 55.7 Å². The quantitative estimate of drug-likeness (QED) is 0.710. The summed E-state index contributed by atoms with van der Waals surface area (Å²) in [5, 5.41) is 0. The van der Waals surface area contributed by atoms with Crippen molar-refractivity contribution >= 4 is 0 Å². The third-order valence-corrected chi connectivity index (χ3v) is 5.07. The number of alkyl halides is 1. The minimum atomic E-state index is -1.76. The number of aryl methyl sites for hydroxylation is 2. The average molecular weight is 335 g/mol. The van der Waals surface area contributed by atoms with Crippen molar-refractivity contribution in [3.05, 3.63) is 58.7 Å². The zero-order valence-electron chi connectivity index (χ0n) is 14.4. The molecule has 24 heavy (non-hydrogen) atoms. The molecule has 2 unspecified atom stereocenters. The Morgan fingerprint density at radius 2 is 1.92 bits per heavy atom. The molecule has 1 aromatic heterocycles. The Hall–Kier alpha value is -1.91. The molecule has 2 aliphatic rings. The number of nitrogens with zero attached hydrogens (tertiary/aromatic N) is 2. The van der Waals surface area contributed by atoms with Gasteiger partial charge >= 0.3 is 0 Å². The summed E-state index contributed by atoms with van der Waals surface area (Å²) in [5.41, 5.74) is 0.427. The number of hydrogen-bond acceptors (Lipinski definition) is 1. The van der Waals surface area contributed by atoms with E-state index in [0.717, 1.165) is 17.8 Å². The van der Waals surface area contributed by atoms with E-state index < -0.39 is 29.3 Å². The summed E-state index contributed by atoms with van der Waals surface area (Å²) in [7, 11) is 0. The van der Waals surface area contributed by atoms with Gasteiger partial charge in [0.15, 0.2) is 17.9 Å². The van der Waals surface area contributed by atoms with Gasteiger partial charge in [-0.2, -0.15) is 4.57 Å². The highest BCUT2D eigenvalue weighted by Crippen LogP contribution is 2.45. The van der Waals surface area contributed by atoms with E-state index in [1.54, 1.807) is 20.0 Å². The Morgan fingerprint density at radius 3 is 2.54 bits per heavy atom. The second-order valence-electron chi connectivity index (χ2n) is 6.56. The molecule has 1 aromatic rings. The van der Waals surface area contributed by atoms with Crippen molar-refractivity contribution in [2.45, 2.75) is 58.2 Å². The Kier molecular flexibility index (Phi) is 4.14. The summed E-state index contributed by atoms with van der Waals surface area (Å²) >= 11 is 0. The molecule has 0 saturated heterocycles. The molecule has 0 fully saturated rings. The van der Waals surface area contributed by atoms with Crippen LogP contribution in [0.15, 0.2) is 41.7 Å². The fourth-order valence-electron chi connectivity index (χ4n) is 4.01. The SMILES string of the molecule is CC[C@H]1[n+]2cc(C)nc(C)c2C2C=C(C=C(F)C=C2F)C1(F)CC. The van der Waals surface area contributed by atoms with Gasteiger partial charge in [-0.1, -0.05) is 19.9 Å². The molecule has 0 amide bonds. The van der Waals surface area contributed by atoms with E-state index in [9.17, 15) is 8.78 Å². The van der Waals surface area contributed by atoms with Crippen molar-refractivity contribution in [3.8, 4) is 0 Å². The van der Waals surface area contributed by atoms with E-state index in [1.807, 2.05) is 18.4 Å². The van der Waals surface area contributed by atoms with Gasteiger partial charge in [-0.3, -0.25) is 0 Å². The highest BCUT2D eigenvalue weighted by Gasteiger charge is 2.51. The van der Waals surface area contributed by atoms with E-state index in [0.29, 0.717) is 17.8 Å². The van der Waals surface area contributed by atoms with Gasteiger partial charge < -0.3 is 0 Å². The predicted molar refractivity (Wildman–Crippen MR) is 86.6 cm³/mol. The first-order chi connectivity index (χ1) is 11.3. The van der Waals surface area contributed by atoms with Crippen LogP contribution in [0.25, 0.3) is 0 Å². The van der Waals surface area contributed by atoms with Crippen molar-refractivity contribution in [2.24, 2.45) is 0 Å². The van der Waals surface area contributed by atoms with Crippen LogP contribution < -0.4 is 4.57 Å². The van der Waals surface area contributed by atoms with E-state index in [-0.39, 0.29) is 12.0 Å². The molecule has 2 bridgehead atoms. The lowest BCUT2D eigenvalue weighted by Gasteiger charge is -2.29. The largest absolute Gasteiger partial charge is 0.246 e. The second-order valence-corrected chi connectivity index (χ2v) is 6.56. The van der Waals surface area contributed by atoms with E-state index in [1.165, 1.54) is 6.08 Å². The zero-order valence-corrected chi connectivity index (χ0v) is 14.4. The van der Waals surface area contributed by atoms with E-state index in [2.05, 4.69) is 4.98 Å². The Labute approximate surface area is 140 Å². The number of hydrogen-bond donors (Lipinski definition) is 0. The summed E-state index contributed by atoms with van der Waals surface area (Å²) in [6.45, 7) is 7.26. The maximum Gasteiger partial charge on any atom is 0.216 e. The lowest BCUT2D eigenvalue weighted by atomic mass is 9.83. The fourth-order valence-corrected chi connectivity index (χ4v) is 4.01. The molecule has 5 heteroatoms. The fraction of sp³-hybridized carbons (Fsp3) is 0.474. The molecule has 128 valence electrons. The van der Waals surface area contributed by atoms with Crippen LogP contribution in [0.2, 0.25) is 0 Å². The summed E-state index contributed by atoms with van der Waals surface area (Å²) in [4.78, 5) is 4.43. The number of rotatable bonds is 2. The van der Waals surface area contributed by atoms with Crippen LogP contribution >= 0.6 is 0 Å². The Bertz CT molecular complexity index is 779. The standard InChI is InChI=1S/C19H22F3N2/c1-5-17-19(22,6-2)13-7-14(20)9-16(21)15(8-13)18-12(4)23-11(3)10-24(17)18/h7-10,15,17H,5-6H2,1-4H3/q+1/t15?,17-,19?/m1/s1. The van der Waals surface area contributed by atoms with Gasteiger partial charge in [0.1, 0.15) is 29.0 Å². The van der Waals surface area contributed by atoms with Crippen LogP contribution in [-0.4, -0.2) is 10.7 Å². The van der Waals surface area contributed by atoms with Crippen molar-refractivity contribution in [2.75, 3.05) is 0 Å². The van der Waals surface area contributed by atoms with Crippen molar-refractivity contribution in [1.82, 2.24) is 4.98 Å². The second kappa shape index (κ2) is 5.87. The van der Waals surface area contributed by atoms with Crippen molar-refractivity contribution in [3.63, 3.8) is 0 Å². The normalized spacial score (nSPS) is 29.0. The molecule has 3 rings (SSSR count). The van der Waals surface area contributed by atoms with E-state index in [4.69, 9.17) is 0 Å². The summed E-state index contributed by atoms with van der Waals surface area (Å²) in [6.07, 6.45) is 5.97. The molecular weight excluding hydrogens is 313 g/mol. The first kappa shape index (κ1) is 16.9. The summed E-state index contributed by atoms with van der Waals surface area (Å²) in [5.74, 6) is -2.20. The number of allylic oxidation sites excluding steroid dienone is 6. The molecule has 0 aromatic carbocycles. The van der Waals surface area contributed by atoms with Gasteiger partial charge in [-0.05, 0) is 31.9 Å². The maximum absolute atomic E-state index is 16.1. The molecule has 1 aliphatic heterocycles. The molecule has 3 atom stereocenters. The first-order valence-corrected chi connectivity index (χ1v) is 8.36. The molecule has 0 radical (unpaired) electrons. The molecule has 0 N–H and O–H groups in total. The van der Waals surface area contributed by atoms with Gasteiger partial charge in [-0.25, -0.2) is 18.2 Å². The number of aromatic nitrogens is 2. The zero-order chi connectivity index (χ0) is 17.6. The van der Waals surface area contributed by atoms with Gasteiger partial charge in [-0.15, -0.1) is 0 Å². The van der Waals surface area contributed by atoms with Crippen LogP contribution in [0.3, 0.4) is 0 Å². The van der Waals surface area contributed by atoms with Crippen LogP contribution in [0, 0.1) is 13.8 Å². The van der Waals surface area contributed by atoms with Crippen molar-refractivity contribution in [1.29, 1.82) is 0 Å². The number of halogens is 3. The topological polar surface area (TPSA) is 16.8 Å². The Morgan fingerprint density at radius 1 is 1.21 bits per heavy atom. The highest BCUT2D eigenvalue weighted by molar-refractivity contribution is 5.44. The molecular formula is C19H22F3N2+. The van der Waals surface area contributed by atoms with Gasteiger partial charge in [0.2, 0.25) is 5.69 Å². The molecule has 0 spiro atoms. The predicted octanol–water partition coefficient (Wildman–Crippen LogP) is 4.80. The molecule has 2 heterocycles. The average Bonchev–Trinajstić information content (AvgIpc) is 2.71. The Balaban J connectivity index is 2.40. The lowest BCUT2D eigenvalue weighted by molar-refractivity contribution is -0.741. The summed E-state index contributed by atoms with van der Waals surface area (Å²) < 4.78 is 46.6. The maximum atomic E-state index is 16.1. The lowest BCUT2D eigenvalue weighted by Crippen LogP contribution is -2.53. The minimum Gasteiger partial charge on any atom is -0.246 e. The third-order valence-electron chi connectivity index (χ3n) is 5.07. The molecule has 1 aliphatic carbocycles. The van der Waals surface area contributed by atoms with Gasteiger partial charge in [0.05, 0.1) is 0 Å². The molecule has 2 nitrogen and oxygen atoms in total.